The number of benzene rings is 1. The van der Waals surface area contributed by atoms with Crippen molar-refractivity contribution >= 4 is 22.8 Å². The standard InChI is InChI=1S/C15H18N2O3/c1-10(2)17(9-14(18)20-3)15(19)12-5-4-11-6-7-16-13(11)8-12/h4-8,10,16H,9H2,1-3H3. The highest BCUT2D eigenvalue weighted by atomic mass is 16.5. The fourth-order valence-corrected chi connectivity index (χ4v) is 2.04. The van der Waals surface area contributed by atoms with Gasteiger partial charge in [0.1, 0.15) is 6.54 Å². The van der Waals surface area contributed by atoms with Crippen molar-refractivity contribution in [2.75, 3.05) is 13.7 Å². The Morgan fingerprint density at radius 2 is 2.05 bits per heavy atom. The van der Waals surface area contributed by atoms with Crippen molar-refractivity contribution in [3.05, 3.63) is 36.0 Å². The molecular formula is C15H18N2O3. The third-order valence-corrected chi connectivity index (χ3v) is 3.21. The molecule has 1 heterocycles. The van der Waals surface area contributed by atoms with Crippen molar-refractivity contribution < 1.29 is 14.3 Å². The molecule has 0 atom stereocenters. The maximum Gasteiger partial charge on any atom is 0.325 e. The van der Waals surface area contributed by atoms with Crippen molar-refractivity contribution in [2.24, 2.45) is 0 Å². The average Bonchev–Trinajstić information content (AvgIpc) is 2.90. The number of carbonyl (C=O) groups excluding carboxylic acids is 2. The number of nitrogens with one attached hydrogen (secondary N) is 1. The number of rotatable bonds is 4. The van der Waals surface area contributed by atoms with Gasteiger partial charge >= 0.3 is 5.97 Å². The summed E-state index contributed by atoms with van der Waals surface area (Å²) in [5.74, 6) is -0.602. The first kappa shape index (κ1) is 14.1. The fourth-order valence-electron chi connectivity index (χ4n) is 2.04. The number of nitrogens with zero attached hydrogens (tertiary/aromatic N) is 1. The van der Waals surface area contributed by atoms with Crippen LogP contribution in [-0.4, -0.2) is 41.5 Å². The number of esters is 1. The summed E-state index contributed by atoms with van der Waals surface area (Å²) in [6.45, 7) is 3.69. The zero-order valence-corrected chi connectivity index (χ0v) is 11.8. The highest BCUT2D eigenvalue weighted by molar-refractivity contribution is 5.99. The van der Waals surface area contributed by atoms with Crippen LogP contribution in [0.25, 0.3) is 10.9 Å². The summed E-state index contributed by atoms with van der Waals surface area (Å²) in [5, 5.41) is 1.05. The third-order valence-electron chi connectivity index (χ3n) is 3.21. The van der Waals surface area contributed by atoms with Gasteiger partial charge in [0.05, 0.1) is 7.11 Å². The molecular weight excluding hydrogens is 256 g/mol. The maximum atomic E-state index is 12.5. The molecule has 0 unspecified atom stereocenters. The zero-order valence-electron chi connectivity index (χ0n) is 11.8. The lowest BCUT2D eigenvalue weighted by Crippen LogP contribution is -2.41. The van der Waals surface area contributed by atoms with Crippen molar-refractivity contribution in [1.29, 1.82) is 0 Å². The Hall–Kier alpha value is -2.30. The van der Waals surface area contributed by atoms with Gasteiger partial charge in [-0.05, 0) is 37.4 Å². The first-order valence-electron chi connectivity index (χ1n) is 6.48. The van der Waals surface area contributed by atoms with E-state index in [1.807, 2.05) is 32.2 Å². The molecule has 5 heteroatoms. The van der Waals surface area contributed by atoms with Crippen LogP contribution in [0.4, 0.5) is 0 Å². The largest absolute Gasteiger partial charge is 0.468 e. The van der Waals surface area contributed by atoms with E-state index in [0.29, 0.717) is 5.56 Å². The number of methoxy groups -OCH3 is 1. The topological polar surface area (TPSA) is 62.4 Å². The summed E-state index contributed by atoms with van der Waals surface area (Å²) in [6.07, 6.45) is 1.83. The number of fused-ring (bicyclic) bond motifs is 1. The zero-order chi connectivity index (χ0) is 14.7. The third kappa shape index (κ3) is 2.82. The lowest BCUT2D eigenvalue weighted by Gasteiger charge is -2.25. The van der Waals surface area contributed by atoms with Crippen LogP contribution in [0.3, 0.4) is 0 Å². The highest BCUT2D eigenvalue weighted by Crippen LogP contribution is 2.16. The normalized spacial score (nSPS) is 10.8. The van der Waals surface area contributed by atoms with E-state index in [1.165, 1.54) is 12.0 Å². The summed E-state index contributed by atoms with van der Waals surface area (Å²) in [6, 6.07) is 7.31. The number of aromatic amines is 1. The smallest absolute Gasteiger partial charge is 0.325 e. The van der Waals surface area contributed by atoms with Gasteiger partial charge < -0.3 is 14.6 Å². The summed E-state index contributed by atoms with van der Waals surface area (Å²) >= 11 is 0. The van der Waals surface area contributed by atoms with Crippen molar-refractivity contribution in [1.82, 2.24) is 9.88 Å². The number of hydrogen-bond acceptors (Lipinski definition) is 3. The molecule has 1 N–H and O–H groups in total. The van der Waals surface area contributed by atoms with Crippen molar-refractivity contribution in [3.63, 3.8) is 0 Å². The van der Waals surface area contributed by atoms with Crippen LogP contribution in [0, 0.1) is 0 Å². The Labute approximate surface area is 117 Å². The average molecular weight is 274 g/mol. The molecule has 1 amide bonds. The Kier molecular flexibility index (Phi) is 4.08. The van der Waals surface area contributed by atoms with Crippen LogP contribution in [0.5, 0.6) is 0 Å². The van der Waals surface area contributed by atoms with Gasteiger partial charge in [-0.1, -0.05) is 6.07 Å². The summed E-state index contributed by atoms with van der Waals surface area (Å²) in [5.41, 5.74) is 1.45. The minimum atomic E-state index is -0.423. The summed E-state index contributed by atoms with van der Waals surface area (Å²) < 4.78 is 4.64. The van der Waals surface area contributed by atoms with Crippen LogP contribution in [0.15, 0.2) is 30.5 Å². The van der Waals surface area contributed by atoms with E-state index in [-0.39, 0.29) is 18.5 Å². The lowest BCUT2D eigenvalue weighted by atomic mass is 10.1. The van der Waals surface area contributed by atoms with Gasteiger partial charge in [-0.2, -0.15) is 0 Å². The SMILES string of the molecule is COC(=O)CN(C(=O)c1ccc2cc[nH]c2c1)C(C)C. The molecule has 0 radical (unpaired) electrons. The summed E-state index contributed by atoms with van der Waals surface area (Å²) in [4.78, 5) is 28.5. The number of amides is 1. The predicted octanol–water partition coefficient (Wildman–Crippen LogP) is 2.19. The van der Waals surface area contributed by atoms with Crippen LogP contribution >= 0.6 is 0 Å². The monoisotopic (exact) mass is 274 g/mol. The molecule has 0 aliphatic heterocycles. The Morgan fingerprint density at radius 1 is 1.30 bits per heavy atom. The first-order chi connectivity index (χ1) is 9.52. The van der Waals surface area contributed by atoms with Gasteiger partial charge in [0, 0.05) is 23.3 Å². The molecule has 0 saturated carbocycles. The number of carbonyl (C=O) groups is 2. The van der Waals surface area contributed by atoms with Gasteiger partial charge in [0.2, 0.25) is 0 Å². The number of aromatic nitrogens is 1. The van der Waals surface area contributed by atoms with Gasteiger partial charge in [-0.3, -0.25) is 9.59 Å². The first-order valence-corrected chi connectivity index (χ1v) is 6.48. The summed E-state index contributed by atoms with van der Waals surface area (Å²) in [7, 11) is 1.32. The Balaban J connectivity index is 2.28. The van der Waals surface area contributed by atoms with Crippen LogP contribution in [0.2, 0.25) is 0 Å². The molecule has 2 rings (SSSR count). The Bertz CT molecular complexity index is 631. The van der Waals surface area contributed by atoms with Crippen LogP contribution in [0.1, 0.15) is 24.2 Å². The molecule has 106 valence electrons. The van der Waals surface area contributed by atoms with E-state index >= 15 is 0 Å². The van der Waals surface area contributed by atoms with E-state index in [9.17, 15) is 9.59 Å². The second-order valence-electron chi connectivity index (χ2n) is 4.88. The second kappa shape index (κ2) is 5.77. The molecule has 5 nitrogen and oxygen atoms in total. The number of hydrogen-bond donors (Lipinski definition) is 1. The maximum absolute atomic E-state index is 12.5. The van der Waals surface area contributed by atoms with Crippen LogP contribution in [-0.2, 0) is 9.53 Å². The van der Waals surface area contributed by atoms with E-state index in [0.717, 1.165) is 10.9 Å². The minimum absolute atomic E-state index is 0.0459. The van der Waals surface area contributed by atoms with Gasteiger partial charge in [0.15, 0.2) is 0 Å². The van der Waals surface area contributed by atoms with Crippen molar-refractivity contribution in [3.8, 4) is 0 Å². The minimum Gasteiger partial charge on any atom is -0.468 e. The lowest BCUT2D eigenvalue weighted by molar-refractivity contribution is -0.141. The quantitative estimate of drug-likeness (QED) is 0.869. The molecule has 0 saturated heterocycles. The molecule has 0 aliphatic rings. The second-order valence-corrected chi connectivity index (χ2v) is 4.88. The molecule has 1 aromatic heterocycles. The van der Waals surface area contributed by atoms with Gasteiger partial charge in [0.25, 0.3) is 5.91 Å². The molecule has 0 bridgehead atoms. The predicted molar refractivity (Wildman–Crippen MR) is 76.5 cm³/mol. The molecule has 1 aromatic carbocycles. The van der Waals surface area contributed by atoms with E-state index < -0.39 is 5.97 Å². The van der Waals surface area contributed by atoms with E-state index in [4.69, 9.17) is 0 Å². The van der Waals surface area contributed by atoms with Gasteiger partial charge in [-0.15, -0.1) is 0 Å². The molecule has 0 aliphatic carbocycles. The van der Waals surface area contributed by atoms with E-state index in [2.05, 4.69) is 9.72 Å². The molecule has 2 aromatic rings. The van der Waals surface area contributed by atoms with Gasteiger partial charge in [-0.25, -0.2) is 0 Å². The number of H-pyrrole nitrogens is 1. The van der Waals surface area contributed by atoms with Crippen molar-refractivity contribution in [2.45, 2.75) is 19.9 Å². The van der Waals surface area contributed by atoms with Crippen LogP contribution < -0.4 is 0 Å². The van der Waals surface area contributed by atoms with E-state index in [1.54, 1.807) is 12.1 Å². The highest BCUT2D eigenvalue weighted by Gasteiger charge is 2.22. The fraction of sp³-hybridized carbons (Fsp3) is 0.333. The Morgan fingerprint density at radius 3 is 2.70 bits per heavy atom. The molecule has 0 spiro atoms. The number of ether oxygens (including phenoxy) is 1. The molecule has 20 heavy (non-hydrogen) atoms. The molecule has 0 fully saturated rings.